The Morgan fingerprint density at radius 1 is 1.28 bits per heavy atom. The second-order valence-electron chi connectivity index (χ2n) is 4.82. The Morgan fingerprint density at radius 3 is 2.39 bits per heavy atom. The molecule has 100 valence electrons. The van der Waals surface area contributed by atoms with Gasteiger partial charge >= 0.3 is 0 Å². The maximum atomic E-state index is 11.6. The minimum absolute atomic E-state index is 0.0259. The Labute approximate surface area is 114 Å². The van der Waals surface area contributed by atoms with Crippen molar-refractivity contribution in [3.63, 3.8) is 0 Å². The molecule has 0 radical (unpaired) electrons. The first-order valence-electron chi connectivity index (χ1n) is 6.22. The minimum atomic E-state index is 0.0259. The summed E-state index contributed by atoms with van der Waals surface area (Å²) in [5.74, 6) is 1.79. The number of rotatable bonds is 6. The van der Waals surface area contributed by atoms with Crippen molar-refractivity contribution in [3.8, 4) is 0 Å². The van der Waals surface area contributed by atoms with Crippen LogP contribution in [0.3, 0.4) is 0 Å². The van der Waals surface area contributed by atoms with Crippen LogP contribution in [0.25, 0.3) is 0 Å². The molecule has 0 spiro atoms. The number of nitrogens with two attached hydrogens (primary N) is 1. The monoisotopic (exact) mass is 266 g/mol. The zero-order chi connectivity index (χ0) is 13.5. The number of carbonyl (C=O) groups excluding carboxylic acids is 1. The molecule has 4 heteroatoms. The molecule has 0 aromatic heterocycles. The first-order chi connectivity index (χ1) is 8.49. The molecule has 1 aromatic carbocycles. The van der Waals surface area contributed by atoms with Gasteiger partial charge in [0.2, 0.25) is 5.91 Å². The van der Waals surface area contributed by atoms with Gasteiger partial charge in [0.25, 0.3) is 0 Å². The number of carbonyl (C=O) groups is 1. The number of anilines is 1. The topological polar surface area (TPSA) is 55.1 Å². The van der Waals surface area contributed by atoms with Crippen LogP contribution in [0.4, 0.5) is 5.69 Å². The van der Waals surface area contributed by atoms with E-state index in [0.717, 1.165) is 11.4 Å². The number of amides is 1. The molecular weight excluding hydrogens is 244 g/mol. The lowest BCUT2D eigenvalue weighted by Crippen LogP contribution is -2.20. The van der Waals surface area contributed by atoms with Gasteiger partial charge in [-0.25, -0.2) is 0 Å². The molecule has 0 aliphatic carbocycles. The lowest BCUT2D eigenvalue weighted by Gasteiger charge is -2.09. The molecule has 18 heavy (non-hydrogen) atoms. The third-order valence-electron chi connectivity index (χ3n) is 2.48. The van der Waals surface area contributed by atoms with Crippen LogP contribution >= 0.6 is 11.8 Å². The third kappa shape index (κ3) is 5.56. The van der Waals surface area contributed by atoms with Crippen LogP contribution in [0.15, 0.2) is 24.3 Å². The van der Waals surface area contributed by atoms with Crippen molar-refractivity contribution < 1.29 is 4.79 Å². The summed E-state index contributed by atoms with van der Waals surface area (Å²) in [6.45, 7) is 6.24. The van der Waals surface area contributed by atoms with Gasteiger partial charge in [0.15, 0.2) is 0 Å². The van der Waals surface area contributed by atoms with Crippen LogP contribution in [0.5, 0.6) is 0 Å². The van der Waals surface area contributed by atoms with E-state index in [2.05, 4.69) is 31.3 Å². The van der Waals surface area contributed by atoms with Gasteiger partial charge in [-0.3, -0.25) is 4.79 Å². The lowest BCUT2D eigenvalue weighted by atomic mass is 10.0. The first kappa shape index (κ1) is 15.1. The lowest BCUT2D eigenvalue weighted by molar-refractivity contribution is -0.113. The van der Waals surface area contributed by atoms with Crippen LogP contribution in [-0.4, -0.2) is 23.5 Å². The Morgan fingerprint density at radius 2 is 1.89 bits per heavy atom. The molecule has 0 saturated heterocycles. The molecule has 3 nitrogen and oxygen atoms in total. The second-order valence-corrected chi connectivity index (χ2v) is 5.85. The summed E-state index contributed by atoms with van der Waals surface area (Å²) < 4.78 is 0. The highest BCUT2D eigenvalue weighted by Gasteiger charge is 2.04. The average molecular weight is 266 g/mol. The summed E-state index contributed by atoms with van der Waals surface area (Å²) in [6, 6.07) is 8.13. The van der Waals surface area contributed by atoms with E-state index in [0.29, 0.717) is 11.7 Å². The highest BCUT2D eigenvalue weighted by atomic mass is 32.2. The maximum absolute atomic E-state index is 11.6. The van der Waals surface area contributed by atoms with Crippen molar-refractivity contribution in [2.24, 2.45) is 5.73 Å². The Hall–Kier alpha value is -1.00. The molecule has 1 amide bonds. The van der Waals surface area contributed by atoms with Crippen molar-refractivity contribution in [1.29, 1.82) is 0 Å². The summed E-state index contributed by atoms with van der Waals surface area (Å²) >= 11 is 1.56. The Balaban J connectivity index is 2.40. The molecular formula is C14H22N2OS. The predicted molar refractivity (Wildman–Crippen MR) is 80.1 cm³/mol. The molecule has 0 fully saturated rings. The Kier molecular flexibility index (Phi) is 6.22. The van der Waals surface area contributed by atoms with Crippen molar-refractivity contribution in [3.05, 3.63) is 29.8 Å². The number of nitrogens with one attached hydrogen (secondary N) is 1. The van der Waals surface area contributed by atoms with Crippen LogP contribution in [0, 0.1) is 0 Å². The van der Waals surface area contributed by atoms with Gasteiger partial charge in [0.1, 0.15) is 0 Å². The minimum Gasteiger partial charge on any atom is -0.327 e. The van der Waals surface area contributed by atoms with Crippen LogP contribution < -0.4 is 11.1 Å². The van der Waals surface area contributed by atoms with E-state index < -0.39 is 0 Å². The fourth-order valence-corrected chi connectivity index (χ4v) is 2.23. The maximum Gasteiger partial charge on any atom is 0.234 e. The van der Waals surface area contributed by atoms with Gasteiger partial charge < -0.3 is 11.1 Å². The molecule has 1 unspecified atom stereocenters. The van der Waals surface area contributed by atoms with E-state index >= 15 is 0 Å². The van der Waals surface area contributed by atoms with Gasteiger partial charge in [-0.15, -0.1) is 0 Å². The molecule has 1 rings (SSSR count). The third-order valence-corrected chi connectivity index (χ3v) is 3.70. The van der Waals surface area contributed by atoms with Crippen LogP contribution in [0.2, 0.25) is 0 Å². The normalized spacial score (nSPS) is 12.5. The van der Waals surface area contributed by atoms with Crippen LogP contribution in [0.1, 0.15) is 32.3 Å². The van der Waals surface area contributed by atoms with E-state index in [9.17, 15) is 4.79 Å². The fraction of sp³-hybridized carbons (Fsp3) is 0.500. The van der Waals surface area contributed by atoms with Gasteiger partial charge in [0, 0.05) is 17.5 Å². The number of hydrogen-bond acceptors (Lipinski definition) is 3. The molecule has 0 saturated carbocycles. The predicted octanol–water partition coefficient (Wildman–Crippen LogP) is 2.83. The first-order valence-corrected chi connectivity index (χ1v) is 7.37. The van der Waals surface area contributed by atoms with E-state index in [1.807, 2.05) is 19.1 Å². The van der Waals surface area contributed by atoms with Crippen molar-refractivity contribution in [1.82, 2.24) is 0 Å². The average Bonchev–Trinajstić information content (AvgIpc) is 2.29. The highest BCUT2D eigenvalue weighted by Crippen LogP contribution is 2.17. The summed E-state index contributed by atoms with van der Waals surface area (Å²) in [7, 11) is 0. The van der Waals surface area contributed by atoms with E-state index in [4.69, 9.17) is 5.73 Å². The standard InChI is InChI=1S/C14H22N2OS/c1-10(2)12-4-6-13(7-5-12)16-14(17)9-18-8-11(3)15/h4-7,10-11H,8-9,15H2,1-3H3,(H,16,17). The van der Waals surface area contributed by atoms with Crippen molar-refractivity contribution in [2.45, 2.75) is 32.7 Å². The zero-order valence-corrected chi connectivity index (χ0v) is 12.1. The smallest absolute Gasteiger partial charge is 0.234 e. The molecule has 0 aliphatic rings. The number of thioether (sulfide) groups is 1. The molecule has 3 N–H and O–H groups in total. The summed E-state index contributed by atoms with van der Waals surface area (Å²) in [6.07, 6.45) is 0. The molecule has 0 bridgehead atoms. The van der Waals surface area contributed by atoms with Gasteiger partial charge in [-0.05, 0) is 30.5 Å². The van der Waals surface area contributed by atoms with Crippen molar-refractivity contribution >= 4 is 23.4 Å². The summed E-state index contributed by atoms with van der Waals surface area (Å²) in [5.41, 5.74) is 7.75. The number of hydrogen-bond donors (Lipinski definition) is 2. The SMILES string of the molecule is CC(N)CSCC(=O)Nc1ccc(C(C)C)cc1. The Bertz CT molecular complexity index is 374. The molecule has 1 atom stereocenters. The molecule has 0 heterocycles. The molecule has 0 aliphatic heterocycles. The largest absolute Gasteiger partial charge is 0.327 e. The quantitative estimate of drug-likeness (QED) is 0.832. The van der Waals surface area contributed by atoms with Crippen LogP contribution in [-0.2, 0) is 4.79 Å². The zero-order valence-electron chi connectivity index (χ0n) is 11.3. The fourth-order valence-electron chi connectivity index (χ4n) is 1.49. The second kappa shape index (κ2) is 7.44. The highest BCUT2D eigenvalue weighted by molar-refractivity contribution is 8.00. The summed E-state index contributed by atoms with van der Waals surface area (Å²) in [5, 5.41) is 2.88. The van der Waals surface area contributed by atoms with E-state index in [1.165, 1.54) is 5.56 Å². The van der Waals surface area contributed by atoms with Gasteiger partial charge in [-0.2, -0.15) is 11.8 Å². The number of benzene rings is 1. The van der Waals surface area contributed by atoms with E-state index in [-0.39, 0.29) is 11.9 Å². The van der Waals surface area contributed by atoms with Crippen molar-refractivity contribution in [2.75, 3.05) is 16.8 Å². The summed E-state index contributed by atoms with van der Waals surface area (Å²) in [4.78, 5) is 11.6. The molecule has 1 aromatic rings. The van der Waals surface area contributed by atoms with E-state index in [1.54, 1.807) is 11.8 Å². The van der Waals surface area contributed by atoms with Gasteiger partial charge in [0.05, 0.1) is 5.75 Å². The van der Waals surface area contributed by atoms with Gasteiger partial charge in [-0.1, -0.05) is 26.0 Å².